The van der Waals surface area contributed by atoms with Gasteiger partial charge in [-0.1, -0.05) is 23.9 Å². The van der Waals surface area contributed by atoms with Gasteiger partial charge in [0.2, 0.25) is 5.91 Å². The Bertz CT molecular complexity index is 948. The van der Waals surface area contributed by atoms with Gasteiger partial charge in [0, 0.05) is 17.7 Å². The molecule has 0 spiro atoms. The van der Waals surface area contributed by atoms with Gasteiger partial charge < -0.3 is 14.2 Å². The average Bonchev–Trinajstić information content (AvgIpc) is 3.27. The van der Waals surface area contributed by atoms with Crippen LogP contribution in [0.15, 0.2) is 50.7 Å². The van der Waals surface area contributed by atoms with E-state index in [0.717, 1.165) is 11.3 Å². The summed E-state index contributed by atoms with van der Waals surface area (Å²) in [5, 5.41) is 11.2. The first-order chi connectivity index (χ1) is 13.0. The van der Waals surface area contributed by atoms with Gasteiger partial charge in [-0.2, -0.15) is 0 Å². The number of furan rings is 1. The topological polar surface area (TPSA) is 98.2 Å². The largest absolute Gasteiger partial charge is 0.469 e. The summed E-state index contributed by atoms with van der Waals surface area (Å²) in [6.07, 6.45) is 2.55. The summed E-state index contributed by atoms with van der Waals surface area (Å²) < 4.78 is 10.8. The molecule has 0 radical (unpaired) electrons. The van der Waals surface area contributed by atoms with E-state index in [9.17, 15) is 9.59 Å². The molecule has 3 rings (SSSR count). The Labute approximate surface area is 160 Å². The zero-order valence-electron chi connectivity index (χ0n) is 15.0. The number of thioether (sulfide) groups is 1. The van der Waals surface area contributed by atoms with E-state index in [-0.39, 0.29) is 11.7 Å². The molecular weight excluding hydrogens is 366 g/mol. The quantitative estimate of drug-likeness (QED) is 0.349. The first-order valence-corrected chi connectivity index (χ1v) is 9.43. The fraction of sp³-hybridized carbons (Fsp3) is 0.263. The van der Waals surface area contributed by atoms with Crippen LogP contribution in [0.2, 0.25) is 0 Å². The molecule has 1 amide bonds. The van der Waals surface area contributed by atoms with Crippen molar-refractivity contribution in [2.45, 2.75) is 31.9 Å². The lowest BCUT2D eigenvalue weighted by Crippen LogP contribution is -2.13. The number of nitrogens with one attached hydrogen (secondary N) is 1. The number of aromatic nitrogens is 2. The van der Waals surface area contributed by atoms with Crippen LogP contribution in [0.4, 0.5) is 5.69 Å². The molecule has 0 saturated heterocycles. The molecule has 0 aliphatic carbocycles. The molecule has 2 aromatic heterocycles. The Balaban J connectivity index is 1.46. The molecule has 0 fully saturated rings. The molecule has 8 heteroatoms. The minimum atomic E-state index is -0.135. The summed E-state index contributed by atoms with van der Waals surface area (Å²) in [7, 11) is 0. The zero-order valence-corrected chi connectivity index (χ0v) is 15.8. The number of nitrogens with zero attached hydrogens (tertiary/aromatic N) is 2. The minimum absolute atomic E-state index is 0.0819. The number of Topliss-reactive ketones (excluding diaryl/α,β-unsaturated/α-hetero) is 1. The molecule has 140 valence electrons. The van der Waals surface area contributed by atoms with Gasteiger partial charge >= 0.3 is 0 Å². The molecule has 3 aromatic rings. The van der Waals surface area contributed by atoms with Crippen LogP contribution in [0.5, 0.6) is 0 Å². The Hall–Kier alpha value is -2.87. The van der Waals surface area contributed by atoms with Crippen LogP contribution in [0.1, 0.15) is 35.9 Å². The molecule has 0 bridgehead atoms. The SMILES string of the molecule is CC(=O)c1ccccc1NC(=O)CCCSc1nnc(-c2ccoc2C)o1. The predicted molar refractivity (Wildman–Crippen MR) is 102 cm³/mol. The summed E-state index contributed by atoms with van der Waals surface area (Å²) >= 11 is 1.40. The van der Waals surface area contributed by atoms with Crippen LogP contribution < -0.4 is 5.32 Å². The molecule has 0 saturated carbocycles. The number of aryl methyl sites for hydroxylation is 1. The first-order valence-electron chi connectivity index (χ1n) is 8.45. The Kier molecular flexibility index (Phi) is 6.08. The predicted octanol–water partition coefficient (Wildman–Crippen LogP) is 4.35. The summed E-state index contributed by atoms with van der Waals surface area (Å²) in [5.74, 6) is 1.58. The second kappa shape index (κ2) is 8.68. The van der Waals surface area contributed by atoms with Crippen molar-refractivity contribution in [3.05, 3.63) is 47.9 Å². The van der Waals surface area contributed by atoms with Gasteiger partial charge in [-0.3, -0.25) is 9.59 Å². The Morgan fingerprint density at radius 3 is 2.74 bits per heavy atom. The lowest BCUT2D eigenvalue weighted by Gasteiger charge is -2.08. The fourth-order valence-electron chi connectivity index (χ4n) is 2.49. The van der Waals surface area contributed by atoms with E-state index >= 15 is 0 Å². The molecule has 2 heterocycles. The van der Waals surface area contributed by atoms with Gasteiger partial charge in [0.1, 0.15) is 5.76 Å². The first kappa shape index (κ1) is 18.9. The Morgan fingerprint density at radius 2 is 2.00 bits per heavy atom. The van der Waals surface area contributed by atoms with E-state index in [1.165, 1.54) is 18.7 Å². The van der Waals surface area contributed by atoms with Crippen LogP contribution in [0, 0.1) is 6.92 Å². The molecule has 0 unspecified atom stereocenters. The van der Waals surface area contributed by atoms with Crippen molar-refractivity contribution in [3.8, 4) is 11.5 Å². The molecule has 0 aliphatic heterocycles. The van der Waals surface area contributed by atoms with Gasteiger partial charge in [0.05, 0.1) is 17.5 Å². The lowest BCUT2D eigenvalue weighted by atomic mass is 10.1. The minimum Gasteiger partial charge on any atom is -0.469 e. The van der Waals surface area contributed by atoms with Crippen molar-refractivity contribution in [2.75, 3.05) is 11.1 Å². The third-order valence-electron chi connectivity index (χ3n) is 3.85. The van der Waals surface area contributed by atoms with E-state index < -0.39 is 0 Å². The van der Waals surface area contributed by atoms with Crippen molar-refractivity contribution >= 4 is 29.1 Å². The number of hydrogen-bond acceptors (Lipinski definition) is 7. The monoisotopic (exact) mass is 385 g/mol. The summed E-state index contributed by atoms with van der Waals surface area (Å²) in [6.45, 7) is 3.31. The third-order valence-corrected chi connectivity index (χ3v) is 4.75. The van der Waals surface area contributed by atoms with Crippen LogP contribution in [0.3, 0.4) is 0 Å². The second-order valence-corrected chi connectivity index (χ2v) is 6.91. The van der Waals surface area contributed by atoms with Gasteiger partial charge in [-0.05, 0) is 38.5 Å². The highest BCUT2D eigenvalue weighted by atomic mass is 32.2. The van der Waals surface area contributed by atoms with Crippen molar-refractivity contribution in [1.82, 2.24) is 10.2 Å². The number of anilines is 1. The van der Waals surface area contributed by atoms with Crippen molar-refractivity contribution in [1.29, 1.82) is 0 Å². The Morgan fingerprint density at radius 1 is 1.19 bits per heavy atom. The number of amides is 1. The summed E-state index contributed by atoms with van der Waals surface area (Å²) in [5.41, 5.74) is 1.82. The summed E-state index contributed by atoms with van der Waals surface area (Å²) in [6, 6.07) is 8.75. The van der Waals surface area contributed by atoms with Crippen LogP contribution in [-0.4, -0.2) is 27.6 Å². The van der Waals surface area contributed by atoms with Crippen molar-refractivity contribution in [2.24, 2.45) is 0 Å². The molecule has 7 nitrogen and oxygen atoms in total. The van der Waals surface area contributed by atoms with E-state index in [4.69, 9.17) is 8.83 Å². The van der Waals surface area contributed by atoms with Gasteiger partial charge in [0.15, 0.2) is 5.78 Å². The number of carbonyl (C=O) groups is 2. The van der Waals surface area contributed by atoms with Crippen LogP contribution >= 0.6 is 11.8 Å². The zero-order chi connectivity index (χ0) is 19.2. The summed E-state index contributed by atoms with van der Waals surface area (Å²) in [4.78, 5) is 23.7. The van der Waals surface area contributed by atoms with E-state index in [2.05, 4.69) is 15.5 Å². The van der Waals surface area contributed by atoms with E-state index in [0.29, 0.717) is 41.0 Å². The maximum absolute atomic E-state index is 12.1. The van der Waals surface area contributed by atoms with Gasteiger partial charge in [-0.25, -0.2) is 0 Å². The third kappa shape index (κ3) is 4.85. The lowest BCUT2D eigenvalue weighted by molar-refractivity contribution is -0.116. The molecule has 0 aliphatic rings. The second-order valence-electron chi connectivity index (χ2n) is 5.87. The number of benzene rings is 1. The smallest absolute Gasteiger partial charge is 0.276 e. The number of rotatable bonds is 8. The molecular formula is C19H19N3O4S. The highest BCUT2D eigenvalue weighted by Gasteiger charge is 2.14. The number of para-hydroxylation sites is 1. The maximum Gasteiger partial charge on any atom is 0.276 e. The van der Waals surface area contributed by atoms with E-state index in [1.807, 2.05) is 6.92 Å². The van der Waals surface area contributed by atoms with Crippen molar-refractivity contribution < 1.29 is 18.4 Å². The van der Waals surface area contributed by atoms with Crippen molar-refractivity contribution in [3.63, 3.8) is 0 Å². The number of ketones is 1. The highest BCUT2D eigenvalue weighted by Crippen LogP contribution is 2.26. The van der Waals surface area contributed by atoms with Crippen LogP contribution in [-0.2, 0) is 4.79 Å². The highest BCUT2D eigenvalue weighted by molar-refractivity contribution is 7.99. The molecule has 1 aromatic carbocycles. The normalized spacial score (nSPS) is 10.7. The number of hydrogen-bond donors (Lipinski definition) is 1. The molecule has 1 N–H and O–H groups in total. The van der Waals surface area contributed by atoms with E-state index in [1.54, 1.807) is 36.6 Å². The number of carbonyl (C=O) groups excluding carboxylic acids is 2. The fourth-order valence-corrected chi connectivity index (χ4v) is 3.19. The van der Waals surface area contributed by atoms with Gasteiger partial charge in [-0.15, -0.1) is 10.2 Å². The molecule has 27 heavy (non-hydrogen) atoms. The van der Waals surface area contributed by atoms with Gasteiger partial charge in [0.25, 0.3) is 11.1 Å². The van der Waals surface area contributed by atoms with Crippen LogP contribution in [0.25, 0.3) is 11.5 Å². The standard InChI is InChI=1S/C19H19N3O4S/c1-12(23)14-6-3-4-7-16(14)20-17(24)8-5-11-27-19-22-21-18(26-19)15-9-10-25-13(15)2/h3-4,6-7,9-10H,5,8,11H2,1-2H3,(H,20,24). The maximum atomic E-state index is 12.1. The average molecular weight is 385 g/mol. The molecule has 0 atom stereocenters.